The molecule has 2 aromatic carbocycles. The van der Waals surface area contributed by atoms with Crippen LogP contribution in [0, 0.1) is 13.8 Å². The Morgan fingerprint density at radius 2 is 1.66 bits per heavy atom. The van der Waals surface area contributed by atoms with Gasteiger partial charge in [0.25, 0.3) is 0 Å². The number of rotatable bonds is 6. The van der Waals surface area contributed by atoms with Gasteiger partial charge in [0, 0.05) is 17.5 Å². The van der Waals surface area contributed by atoms with Crippen LogP contribution in [0.3, 0.4) is 0 Å². The van der Waals surface area contributed by atoms with Crippen molar-refractivity contribution in [3.63, 3.8) is 0 Å². The summed E-state index contributed by atoms with van der Waals surface area (Å²) in [5.41, 5.74) is 3.46. The fourth-order valence-electron chi connectivity index (χ4n) is 2.91. The van der Waals surface area contributed by atoms with Crippen LogP contribution in [-0.2, 0) is 6.54 Å². The van der Waals surface area contributed by atoms with Crippen LogP contribution in [0.25, 0.3) is 0 Å². The first-order valence-corrected chi connectivity index (χ1v) is 10.4. The highest BCUT2D eigenvalue weighted by Crippen LogP contribution is 2.28. The van der Waals surface area contributed by atoms with E-state index >= 15 is 0 Å². The average Bonchev–Trinajstić information content (AvgIpc) is 2.77. The minimum Gasteiger partial charge on any atom is -0.497 e. The van der Waals surface area contributed by atoms with Gasteiger partial charge in [0.05, 0.1) is 26.5 Å². The standard InChI is InChI=1S/C23H26N6O2S/c1-15-12-16(2)26-22(25-15)28-21(24-14-17-8-6-5-7-9-17)29-23(32)27-19-11-10-18(30-3)13-20(19)31-4/h5-13H,14H2,1-4H3,(H3,24,25,26,27,28,29,32). The lowest BCUT2D eigenvalue weighted by Crippen LogP contribution is -2.39. The Morgan fingerprint density at radius 3 is 2.31 bits per heavy atom. The van der Waals surface area contributed by atoms with Gasteiger partial charge in [-0.05, 0) is 49.8 Å². The molecule has 1 aromatic heterocycles. The number of nitrogens with zero attached hydrogens (tertiary/aromatic N) is 3. The van der Waals surface area contributed by atoms with Crippen LogP contribution in [0.4, 0.5) is 11.6 Å². The van der Waals surface area contributed by atoms with E-state index in [1.54, 1.807) is 20.3 Å². The Hall–Kier alpha value is -3.72. The summed E-state index contributed by atoms with van der Waals surface area (Å²) in [6.07, 6.45) is 0. The van der Waals surface area contributed by atoms with E-state index < -0.39 is 0 Å². The van der Waals surface area contributed by atoms with Crippen LogP contribution >= 0.6 is 12.2 Å². The molecule has 0 spiro atoms. The number of aliphatic imine (C=N–C) groups is 1. The molecule has 32 heavy (non-hydrogen) atoms. The molecule has 0 bridgehead atoms. The molecule has 0 fully saturated rings. The molecule has 3 N–H and O–H groups in total. The third-order valence-corrected chi connectivity index (χ3v) is 4.57. The number of hydrogen-bond acceptors (Lipinski definition) is 6. The van der Waals surface area contributed by atoms with Gasteiger partial charge in [0.15, 0.2) is 5.11 Å². The number of nitrogens with one attached hydrogen (secondary N) is 3. The molecule has 0 saturated carbocycles. The summed E-state index contributed by atoms with van der Waals surface area (Å²) in [5.74, 6) is 2.14. The highest BCUT2D eigenvalue weighted by Gasteiger charge is 2.10. The smallest absolute Gasteiger partial charge is 0.229 e. The summed E-state index contributed by atoms with van der Waals surface area (Å²) < 4.78 is 10.7. The highest BCUT2D eigenvalue weighted by molar-refractivity contribution is 7.80. The molecular weight excluding hydrogens is 424 g/mol. The van der Waals surface area contributed by atoms with Crippen LogP contribution < -0.4 is 25.4 Å². The number of anilines is 2. The number of benzene rings is 2. The monoisotopic (exact) mass is 450 g/mol. The van der Waals surface area contributed by atoms with Crippen molar-refractivity contribution < 1.29 is 9.47 Å². The summed E-state index contributed by atoms with van der Waals surface area (Å²) in [6.45, 7) is 4.28. The number of ether oxygens (including phenoxy) is 2. The molecule has 0 radical (unpaired) electrons. The second-order valence-electron chi connectivity index (χ2n) is 6.90. The molecule has 0 atom stereocenters. The van der Waals surface area contributed by atoms with Gasteiger partial charge in [-0.2, -0.15) is 0 Å². The van der Waals surface area contributed by atoms with Crippen molar-refractivity contribution in [2.45, 2.75) is 20.4 Å². The lowest BCUT2D eigenvalue weighted by Gasteiger charge is -2.16. The van der Waals surface area contributed by atoms with Gasteiger partial charge in [0.2, 0.25) is 11.9 Å². The molecule has 0 aliphatic rings. The van der Waals surface area contributed by atoms with E-state index in [4.69, 9.17) is 21.7 Å². The summed E-state index contributed by atoms with van der Waals surface area (Å²) in [4.78, 5) is 13.5. The van der Waals surface area contributed by atoms with Crippen molar-refractivity contribution in [3.8, 4) is 11.5 Å². The molecule has 9 heteroatoms. The van der Waals surface area contributed by atoms with Crippen LogP contribution in [0.1, 0.15) is 17.0 Å². The first kappa shape index (κ1) is 23.0. The number of aromatic nitrogens is 2. The molecule has 166 valence electrons. The van der Waals surface area contributed by atoms with Crippen molar-refractivity contribution in [2.75, 3.05) is 24.9 Å². The van der Waals surface area contributed by atoms with Gasteiger partial charge in [-0.25, -0.2) is 15.0 Å². The molecule has 3 rings (SSSR count). The molecule has 0 amide bonds. The molecule has 0 aliphatic carbocycles. The fourth-order valence-corrected chi connectivity index (χ4v) is 3.12. The predicted octanol–water partition coefficient (Wildman–Crippen LogP) is 4.07. The maximum absolute atomic E-state index is 5.51. The van der Waals surface area contributed by atoms with Crippen LogP contribution in [0.5, 0.6) is 11.5 Å². The summed E-state index contributed by atoms with van der Waals surface area (Å²) in [6, 6.07) is 17.3. The number of hydrogen-bond donors (Lipinski definition) is 3. The second kappa shape index (κ2) is 11.1. The van der Waals surface area contributed by atoms with E-state index in [1.165, 1.54) is 0 Å². The normalized spacial score (nSPS) is 10.9. The zero-order valence-electron chi connectivity index (χ0n) is 18.5. The molecule has 1 heterocycles. The summed E-state index contributed by atoms with van der Waals surface area (Å²) in [5, 5.41) is 9.69. The van der Waals surface area contributed by atoms with Gasteiger partial charge < -0.3 is 20.1 Å². The van der Waals surface area contributed by atoms with Gasteiger partial charge in [-0.3, -0.25) is 5.32 Å². The van der Waals surface area contributed by atoms with Crippen molar-refractivity contribution in [2.24, 2.45) is 4.99 Å². The van der Waals surface area contributed by atoms with E-state index in [9.17, 15) is 0 Å². The van der Waals surface area contributed by atoms with Gasteiger partial charge in [-0.15, -0.1) is 0 Å². The zero-order valence-corrected chi connectivity index (χ0v) is 19.3. The molecule has 0 saturated heterocycles. The van der Waals surface area contributed by atoms with Gasteiger partial charge in [0.1, 0.15) is 11.5 Å². The number of guanidine groups is 1. The second-order valence-corrected chi connectivity index (χ2v) is 7.30. The fraction of sp³-hybridized carbons (Fsp3) is 0.217. The van der Waals surface area contributed by atoms with Crippen LogP contribution in [0.15, 0.2) is 59.6 Å². The van der Waals surface area contributed by atoms with Crippen molar-refractivity contribution in [3.05, 3.63) is 71.5 Å². The minimum atomic E-state index is 0.331. The van der Waals surface area contributed by atoms with E-state index in [0.717, 1.165) is 17.0 Å². The maximum atomic E-state index is 5.51. The minimum absolute atomic E-state index is 0.331. The van der Waals surface area contributed by atoms with E-state index in [1.807, 2.05) is 62.4 Å². The number of thiocarbonyl (C=S) groups is 1. The van der Waals surface area contributed by atoms with Crippen molar-refractivity contribution in [1.29, 1.82) is 0 Å². The molecule has 0 aliphatic heterocycles. The number of aryl methyl sites for hydroxylation is 2. The summed E-state index contributed by atoms with van der Waals surface area (Å²) in [7, 11) is 3.19. The van der Waals surface area contributed by atoms with E-state index in [2.05, 4.69) is 30.9 Å². The lowest BCUT2D eigenvalue weighted by atomic mass is 10.2. The Kier molecular flexibility index (Phi) is 7.93. The Labute approximate surface area is 193 Å². The van der Waals surface area contributed by atoms with E-state index in [-0.39, 0.29) is 0 Å². The molecule has 8 nitrogen and oxygen atoms in total. The largest absolute Gasteiger partial charge is 0.497 e. The predicted molar refractivity (Wildman–Crippen MR) is 132 cm³/mol. The highest BCUT2D eigenvalue weighted by atomic mass is 32.1. The molecule has 0 unspecified atom stereocenters. The Bertz CT molecular complexity index is 1080. The third-order valence-electron chi connectivity index (χ3n) is 4.36. The van der Waals surface area contributed by atoms with E-state index in [0.29, 0.717) is 40.8 Å². The van der Waals surface area contributed by atoms with Crippen molar-refractivity contribution >= 4 is 34.9 Å². The van der Waals surface area contributed by atoms with Gasteiger partial charge in [-0.1, -0.05) is 30.3 Å². The maximum Gasteiger partial charge on any atom is 0.229 e. The Morgan fingerprint density at radius 1 is 0.938 bits per heavy atom. The zero-order chi connectivity index (χ0) is 22.9. The lowest BCUT2D eigenvalue weighted by molar-refractivity contribution is 0.395. The summed E-state index contributed by atoms with van der Waals surface area (Å²) >= 11 is 5.51. The number of methoxy groups -OCH3 is 2. The SMILES string of the molecule is COc1ccc(NC(=S)NC(=NCc2ccccc2)Nc2nc(C)cc(C)n2)c(OC)c1. The third kappa shape index (κ3) is 6.64. The first-order chi connectivity index (χ1) is 15.5. The van der Waals surface area contributed by atoms with Crippen LogP contribution in [-0.4, -0.2) is 35.3 Å². The van der Waals surface area contributed by atoms with Crippen molar-refractivity contribution in [1.82, 2.24) is 15.3 Å². The first-order valence-electron chi connectivity index (χ1n) is 9.94. The van der Waals surface area contributed by atoms with Gasteiger partial charge >= 0.3 is 0 Å². The Balaban J connectivity index is 1.78. The molecular formula is C23H26N6O2S. The van der Waals surface area contributed by atoms with Crippen LogP contribution in [0.2, 0.25) is 0 Å². The molecule has 3 aromatic rings. The topological polar surface area (TPSA) is 92.7 Å². The average molecular weight is 451 g/mol. The quantitative estimate of drug-likeness (QED) is 0.294.